The second-order valence-corrected chi connectivity index (χ2v) is 4.21. The predicted octanol–water partition coefficient (Wildman–Crippen LogP) is 3.79. The Hall–Kier alpha value is -2.19. The fourth-order valence-electron chi connectivity index (χ4n) is 1.95. The van der Waals surface area contributed by atoms with E-state index < -0.39 is 0 Å². The third-order valence-electron chi connectivity index (χ3n) is 3.01. The Morgan fingerprint density at radius 2 is 1.63 bits per heavy atom. The molecule has 2 rings (SSSR count). The molecule has 0 radical (unpaired) electrons. The van der Waals surface area contributed by atoms with Crippen LogP contribution >= 0.6 is 0 Å². The van der Waals surface area contributed by atoms with Gasteiger partial charge in [-0.05, 0) is 5.56 Å². The number of ketones is 1. The van der Waals surface area contributed by atoms with Crippen molar-refractivity contribution < 1.29 is 9.53 Å². The lowest BCUT2D eigenvalue weighted by molar-refractivity contribution is 0.103. The van der Waals surface area contributed by atoms with Crippen molar-refractivity contribution in [2.75, 3.05) is 7.11 Å². The van der Waals surface area contributed by atoms with Crippen LogP contribution in [0, 0.1) is 0 Å². The number of methoxy groups -OCH3 is 1. The van der Waals surface area contributed by atoms with Gasteiger partial charge in [0.1, 0.15) is 0 Å². The normalized spacial score (nSPS) is 11.8. The molecule has 0 amide bonds. The number of carbonyl (C=O) groups excluding carboxylic acids is 1. The number of rotatable bonds is 5. The van der Waals surface area contributed by atoms with Gasteiger partial charge in [-0.25, -0.2) is 0 Å². The number of hydrogen-bond acceptors (Lipinski definition) is 2. The second kappa shape index (κ2) is 6.12. The summed E-state index contributed by atoms with van der Waals surface area (Å²) in [6, 6.07) is 16.7. The van der Waals surface area contributed by atoms with Crippen LogP contribution in [0.1, 0.15) is 27.6 Å². The summed E-state index contributed by atoms with van der Waals surface area (Å²) < 4.78 is 5.27. The molecule has 1 atom stereocenters. The summed E-state index contributed by atoms with van der Waals surface area (Å²) in [5.41, 5.74) is 2.36. The van der Waals surface area contributed by atoms with Gasteiger partial charge in [-0.1, -0.05) is 60.7 Å². The molecule has 0 saturated heterocycles. The van der Waals surface area contributed by atoms with Crippen molar-refractivity contribution in [1.82, 2.24) is 0 Å². The minimum Gasteiger partial charge on any atom is -0.373 e. The van der Waals surface area contributed by atoms with Gasteiger partial charge >= 0.3 is 0 Å². The summed E-state index contributed by atoms with van der Waals surface area (Å²) >= 11 is 0. The molecule has 2 aromatic carbocycles. The maximum absolute atomic E-state index is 12.2. The van der Waals surface area contributed by atoms with Crippen LogP contribution in [-0.2, 0) is 4.74 Å². The molecule has 2 heteroatoms. The van der Waals surface area contributed by atoms with Crippen LogP contribution in [0.25, 0.3) is 0 Å². The van der Waals surface area contributed by atoms with Crippen molar-refractivity contribution in [3.8, 4) is 0 Å². The predicted molar refractivity (Wildman–Crippen MR) is 76.3 cm³/mol. The van der Waals surface area contributed by atoms with Crippen molar-refractivity contribution in [2.24, 2.45) is 0 Å². The van der Waals surface area contributed by atoms with E-state index in [2.05, 4.69) is 6.58 Å². The van der Waals surface area contributed by atoms with Crippen LogP contribution in [0.4, 0.5) is 0 Å². The Morgan fingerprint density at radius 1 is 1.05 bits per heavy atom. The molecule has 2 nitrogen and oxygen atoms in total. The molecular formula is C17H16O2. The van der Waals surface area contributed by atoms with Crippen molar-refractivity contribution in [3.63, 3.8) is 0 Å². The molecule has 0 aliphatic rings. The molecule has 0 aliphatic heterocycles. The molecule has 19 heavy (non-hydrogen) atoms. The van der Waals surface area contributed by atoms with E-state index in [1.807, 2.05) is 54.6 Å². The minimum absolute atomic E-state index is 0.0275. The van der Waals surface area contributed by atoms with Crippen molar-refractivity contribution in [3.05, 3.63) is 83.9 Å². The number of carbonyl (C=O) groups is 1. The monoisotopic (exact) mass is 252 g/mol. The Balaban J connectivity index is 2.24. The average molecular weight is 252 g/mol. The highest BCUT2D eigenvalue weighted by molar-refractivity contribution is 6.08. The molecule has 0 heterocycles. The summed E-state index contributed by atoms with van der Waals surface area (Å²) in [6.07, 6.45) is 1.59. The summed E-state index contributed by atoms with van der Waals surface area (Å²) in [6.45, 7) is 3.72. The van der Waals surface area contributed by atoms with Crippen LogP contribution < -0.4 is 0 Å². The van der Waals surface area contributed by atoms with Crippen LogP contribution in [0.15, 0.2) is 67.3 Å². The Morgan fingerprint density at radius 3 is 2.16 bits per heavy atom. The number of ether oxygens (including phenoxy) is 1. The molecular weight excluding hydrogens is 236 g/mol. The zero-order valence-electron chi connectivity index (χ0n) is 10.9. The first kappa shape index (κ1) is 13.2. The third kappa shape index (κ3) is 2.98. The topological polar surface area (TPSA) is 26.3 Å². The smallest absolute Gasteiger partial charge is 0.193 e. The van der Waals surface area contributed by atoms with Crippen LogP contribution in [0.2, 0.25) is 0 Å². The van der Waals surface area contributed by atoms with E-state index >= 15 is 0 Å². The third-order valence-corrected chi connectivity index (χ3v) is 3.01. The first-order valence-corrected chi connectivity index (χ1v) is 6.11. The molecule has 0 spiro atoms. The van der Waals surface area contributed by atoms with Gasteiger partial charge in [-0.3, -0.25) is 4.79 Å². The van der Waals surface area contributed by atoms with Gasteiger partial charge in [0.05, 0.1) is 6.10 Å². The summed E-state index contributed by atoms with van der Waals surface area (Å²) in [7, 11) is 1.63. The van der Waals surface area contributed by atoms with Crippen molar-refractivity contribution in [1.29, 1.82) is 0 Å². The highest BCUT2D eigenvalue weighted by Gasteiger charge is 2.10. The molecule has 0 aliphatic carbocycles. The maximum Gasteiger partial charge on any atom is 0.193 e. The van der Waals surface area contributed by atoms with E-state index in [0.717, 1.165) is 5.56 Å². The maximum atomic E-state index is 12.2. The van der Waals surface area contributed by atoms with E-state index in [4.69, 9.17) is 4.74 Å². The molecule has 0 aromatic heterocycles. The molecule has 0 bridgehead atoms. The van der Waals surface area contributed by atoms with Gasteiger partial charge in [0, 0.05) is 18.2 Å². The molecule has 2 aromatic rings. The van der Waals surface area contributed by atoms with Crippen molar-refractivity contribution >= 4 is 5.78 Å². The van der Waals surface area contributed by atoms with E-state index in [1.165, 1.54) is 0 Å². The molecule has 0 fully saturated rings. The number of benzene rings is 2. The van der Waals surface area contributed by atoms with Crippen LogP contribution in [0.3, 0.4) is 0 Å². The standard InChI is InChI=1S/C17H16O2/c1-3-16(19-2)13-9-11-15(12-10-13)17(18)14-7-5-4-6-8-14/h3-12,16H,1H2,2H3. The van der Waals surface area contributed by atoms with E-state index in [-0.39, 0.29) is 11.9 Å². The van der Waals surface area contributed by atoms with Gasteiger partial charge in [0.15, 0.2) is 5.78 Å². The zero-order chi connectivity index (χ0) is 13.7. The van der Waals surface area contributed by atoms with Crippen LogP contribution in [0.5, 0.6) is 0 Å². The molecule has 1 unspecified atom stereocenters. The number of hydrogen-bond donors (Lipinski definition) is 0. The quantitative estimate of drug-likeness (QED) is 0.597. The highest BCUT2D eigenvalue weighted by atomic mass is 16.5. The van der Waals surface area contributed by atoms with Gasteiger partial charge in [-0.2, -0.15) is 0 Å². The van der Waals surface area contributed by atoms with Gasteiger partial charge in [0.2, 0.25) is 0 Å². The zero-order valence-corrected chi connectivity index (χ0v) is 10.9. The molecule has 96 valence electrons. The first-order valence-electron chi connectivity index (χ1n) is 6.11. The lowest BCUT2D eigenvalue weighted by atomic mass is 10.0. The van der Waals surface area contributed by atoms with E-state index in [0.29, 0.717) is 11.1 Å². The fraction of sp³-hybridized carbons (Fsp3) is 0.118. The molecule has 0 saturated carbocycles. The van der Waals surface area contributed by atoms with Crippen molar-refractivity contribution in [2.45, 2.75) is 6.10 Å². The Bertz CT molecular complexity index is 556. The first-order chi connectivity index (χ1) is 9.26. The molecule has 0 N–H and O–H groups in total. The van der Waals surface area contributed by atoms with E-state index in [9.17, 15) is 4.79 Å². The van der Waals surface area contributed by atoms with Crippen LogP contribution in [-0.4, -0.2) is 12.9 Å². The summed E-state index contributed by atoms with van der Waals surface area (Å²) in [5.74, 6) is 0.0275. The fourth-order valence-corrected chi connectivity index (χ4v) is 1.95. The van der Waals surface area contributed by atoms with Gasteiger partial charge < -0.3 is 4.74 Å². The Kier molecular flexibility index (Phi) is 4.26. The largest absolute Gasteiger partial charge is 0.373 e. The Labute approximate surface area is 113 Å². The lowest BCUT2D eigenvalue weighted by Gasteiger charge is -2.11. The summed E-state index contributed by atoms with van der Waals surface area (Å²) in [4.78, 5) is 12.2. The SMILES string of the molecule is C=CC(OC)c1ccc(C(=O)c2ccccc2)cc1. The average Bonchev–Trinajstić information content (AvgIpc) is 2.49. The second-order valence-electron chi connectivity index (χ2n) is 4.21. The lowest BCUT2D eigenvalue weighted by Crippen LogP contribution is -2.02. The van der Waals surface area contributed by atoms with Gasteiger partial charge in [0.25, 0.3) is 0 Å². The highest BCUT2D eigenvalue weighted by Crippen LogP contribution is 2.19. The summed E-state index contributed by atoms with van der Waals surface area (Å²) in [5, 5.41) is 0. The minimum atomic E-state index is -0.138. The van der Waals surface area contributed by atoms with E-state index in [1.54, 1.807) is 13.2 Å². The van der Waals surface area contributed by atoms with Gasteiger partial charge in [-0.15, -0.1) is 6.58 Å².